The molecule has 1 heterocycles. The van der Waals surface area contributed by atoms with Crippen molar-refractivity contribution < 1.29 is 22.8 Å². The van der Waals surface area contributed by atoms with Crippen molar-refractivity contribution in [3.8, 4) is 11.3 Å². The summed E-state index contributed by atoms with van der Waals surface area (Å²) in [4.78, 5) is 26.3. The molecule has 0 spiro atoms. The van der Waals surface area contributed by atoms with Crippen LogP contribution in [0.2, 0.25) is 0 Å². The number of amides is 2. The van der Waals surface area contributed by atoms with Crippen LogP contribution in [0.1, 0.15) is 56.0 Å². The fourth-order valence-corrected chi connectivity index (χ4v) is 4.74. The molecule has 1 saturated carbocycles. The van der Waals surface area contributed by atoms with Gasteiger partial charge in [0.1, 0.15) is 23.4 Å². The molecular weight excluding hydrogens is 476 g/mol. The maximum absolute atomic E-state index is 13.6. The molecule has 2 amide bonds. The van der Waals surface area contributed by atoms with Crippen LogP contribution in [0.4, 0.5) is 14.5 Å². The van der Waals surface area contributed by atoms with Gasteiger partial charge in [-0.05, 0) is 61.7 Å². The molecule has 0 radical (unpaired) electrons. The lowest BCUT2D eigenvalue weighted by Gasteiger charge is -2.27. The third-order valence-electron chi connectivity index (χ3n) is 6.68. The Kier molecular flexibility index (Phi) is 8.93. The van der Waals surface area contributed by atoms with E-state index >= 15 is 0 Å². The largest absolute Gasteiger partial charge is 0.451 e. The lowest BCUT2D eigenvalue weighted by Crippen LogP contribution is -2.51. The van der Waals surface area contributed by atoms with Crippen molar-refractivity contribution in [3.63, 3.8) is 0 Å². The van der Waals surface area contributed by atoms with Crippen LogP contribution in [0.5, 0.6) is 0 Å². The number of anilines is 1. The fraction of sp³-hybridized carbons (Fsp3) is 0.379. The van der Waals surface area contributed by atoms with Crippen molar-refractivity contribution >= 4 is 17.5 Å². The second-order valence-corrected chi connectivity index (χ2v) is 9.74. The standard InChI is InChI=1S/C29H33F2N3O3/c1-19(18-32-24-12-6-11-23(31)17-24)33-28(35)25(15-20-7-3-2-4-8-20)34-29(36)27-14-13-26(37-27)21-9-5-10-22(30)16-21/h5-6,9-14,16-17,19-20,25,32H,2-4,7-8,15,18H2,1H3,(H,33,35)(H,34,36)/t19-,25-/m0/s1. The second kappa shape index (κ2) is 12.5. The summed E-state index contributed by atoms with van der Waals surface area (Å²) in [6.45, 7) is 2.25. The van der Waals surface area contributed by atoms with Crippen LogP contribution < -0.4 is 16.0 Å². The number of nitrogens with one attached hydrogen (secondary N) is 3. The number of halogens is 2. The summed E-state index contributed by atoms with van der Waals surface area (Å²) in [7, 11) is 0. The molecule has 1 aliphatic carbocycles. The molecule has 0 unspecified atom stereocenters. The summed E-state index contributed by atoms with van der Waals surface area (Å²) in [5.41, 5.74) is 1.15. The number of benzene rings is 2. The van der Waals surface area contributed by atoms with Crippen molar-refractivity contribution in [2.45, 2.75) is 57.5 Å². The van der Waals surface area contributed by atoms with Crippen LogP contribution in [0.25, 0.3) is 11.3 Å². The predicted molar refractivity (Wildman–Crippen MR) is 139 cm³/mol. The summed E-state index contributed by atoms with van der Waals surface area (Å²) in [6, 6.07) is 14.2. The van der Waals surface area contributed by atoms with E-state index in [1.54, 1.807) is 30.3 Å². The Balaban J connectivity index is 1.40. The highest BCUT2D eigenvalue weighted by Gasteiger charge is 2.28. The smallest absolute Gasteiger partial charge is 0.287 e. The fourth-order valence-electron chi connectivity index (χ4n) is 4.74. The zero-order valence-corrected chi connectivity index (χ0v) is 20.9. The first-order chi connectivity index (χ1) is 17.9. The molecule has 1 aromatic heterocycles. The van der Waals surface area contributed by atoms with Gasteiger partial charge in [0.15, 0.2) is 5.76 Å². The van der Waals surface area contributed by atoms with Crippen LogP contribution in [0.3, 0.4) is 0 Å². The highest BCUT2D eigenvalue weighted by Crippen LogP contribution is 2.28. The summed E-state index contributed by atoms with van der Waals surface area (Å²) in [5, 5.41) is 8.94. The normalized spacial score (nSPS) is 15.5. The van der Waals surface area contributed by atoms with Gasteiger partial charge in [-0.2, -0.15) is 0 Å². The van der Waals surface area contributed by atoms with E-state index < -0.39 is 17.8 Å². The molecule has 2 atom stereocenters. The Morgan fingerprint density at radius 2 is 1.68 bits per heavy atom. The molecule has 196 valence electrons. The molecule has 37 heavy (non-hydrogen) atoms. The number of carbonyl (C=O) groups is 2. The average molecular weight is 510 g/mol. The molecule has 3 aromatic rings. The quantitative estimate of drug-likeness (QED) is 0.317. The molecule has 0 bridgehead atoms. The van der Waals surface area contributed by atoms with E-state index in [1.807, 2.05) is 6.92 Å². The predicted octanol–water partition coefficient (Wildman–Crippen LogP) is 5.91. The third-order valence-corrected chi connectivity index (χ3v) is 6.68. The Hall–Kier alpha value is -3.68. The molecule has 1 aliphatic rings. The van der Waals surface area contributed by atoms with Crippen molar-refractivity contribution in [1.82, 2.24) is 10.6 Å². The van der Waals surface area contributed by atoms with Gasteiger partial charge in [0.05, 0.1) is 0 Å². The molecule has 2 aromatic carbocycles. The van der Waals surface area contributed by atoms with Crippen LogP contribution in [-0.2, 0) is 4.79 Å². The van der Waals surface area contributed by atoms with E-state index in [4.69, 9.17) is 4.42 Å². The lowest BCUT2D eigenvalue weighted by molar-refractivity contribution is -0.124. The molecule has 0 aliphatic heterocycles. The van der Waals surface area contributed by atoms with Crippen LogP contribution in [0, 0.1) is 17.6 Å². The van der Waals surface area contributed by atoms with Crippen LogP contribution in [-0.4, -0.2) is 30.4 Å². The molecule has 0 saturated heterocycles. The minimum absolute atomic E-state index is 0.0570. The van der Waals surface area contributed by atoms with Crippen molar-refractivity contribution in [1.29, 1.82) is 0 Å². The monoisotopic (exact) mass is 509 g/mol. The zero-order valence-electron chi connectivity index (χ0n) is 20.9. The third kappa shape index (κ3) is 7.65. The first-order valence-corrected chi connectivity index (χ1v) is 12.8. The zero-order chi connectivity index (χ0) is 26.2. The lowest BCUT2D eigenvalue weighted by atomic mass is 9.84. The van der Waals surface area contributed by atoms with Gasteiger partial charge < -0.3 is 20.4 Å². The van der Waals surface area contributed by atoms with E-state index in [0.717, 1.165) is 25.7 Å². The van der Waals surface area contributed by atoms with Gasteiger partial charge in [-0.25, -0.2) is 8.78 Å². The van der Waals surface area contributed by atoms with Gasteiger partial charge in [0.2, 0.25) is 5.91 Å². The van der Waals surface area contributed by atoms with E-state index in [2.05, 4.69) is 16.0 Å². The minimum Gasteiger partial charge on any atom is -0.451 e. The topological polar surface area (TPSA) is 83.4 Å². The van der Waals surface area contributed by atoms with Crippen LogP contribution in [0.15, 0.2) is 65.1 Å². The molecule has 1 fully saturated rings. The van der Waals surface area contributed by atoms with Crippen molar-refractivity contribution in [3.05, 3.63) is 78.1 Å². The van der Waals surface area contributed by atoms with E-state index in [0.29, 0.717) is 35.9 Å². The Morgan fingerprint density at radius 3 is 2.41 bits per heavy atom. The first-order valence-electron chi connectivity index (χ1n) is 12.8. The van der Waals surface area contributed by atoms with Gasteiger partial charge >= 0.3 is 0 Å². The highest BCUT2D eigenvalue weighted by atomic mass is 19.1. The van der Waals surface area contributed by atoms with E-state index in [-0.39, 0.29) is 23.5 Å². The highest BCUT2D eigenvalue weighted by molar-refractivity contribution is 5.96. The van der Waals surface area contributed by atoms with Crippen molar-refractivity contribution in [2.75, 3.05) is 11.9 Å². The number of rotatable bonds is 10. The van der Waals surface area contributed by atoms with Gasteiger partial charge in [-0.3, -0.25) is 9.59 Å². The average Bonchev–Trinajstić information content (AvgIpc) is 3.38. The second-order valence-electron chi connectivity index (χ2n) is 9.74. The minimum atomic E-state index is -0.727. The Bertz CT molecular complexity index is 1210. The first kappa shape index (κ1) is 26.4. The Labute approximate surface area is 215 Å². The van der Waals surface area contributed by atoms with E-state index in [1.165, 1.54) is 36.8 Å². The van der Waals surface area contributed by atoms with E-state index in [9.17, 15) is 18.4 Å². The summed E-state index contributed by atoms with van der Waals surface area (Å²) in [5.74, 6) is -0.726. The molecule has 3 N–H and O–H groups in total. The number of hydrogen-bond acceptors (Lipinski definition) is 4. The summed E-state index contributed by atoms with van der Waals surface area (Å²) < 4.78 is 32.7. The molecular formula is C29H33F2N3O3. The van der Waals surface area contributed by atoms with Gasteiger partial charge in [0, 0.05) is 23.8 Å². The van der Waals surface area contributed by atoms with Gasteiger partial charge in [0.25, 0.3) is 5.91 Å². The molecule has 4 rings (SSSR count). The Morgan fingerprint density at radius 1 is 0.946 bits per heavy atom. The summed E-state index contributed by atoms with van der Waals surface area (Å²) in [6.07, 6.45) is 6.03. The number of furan rings is 1. The van der Waals surface area contributed by atoms with Crippen molar-refractivity contribution in [2.24, 2.45) is 5.92 Å². The van der Waals surface area contributed by atoms with Gasteiger partial charge in [-0.1, -0.05) is 50.3 Å². The maximum Gasteiger partial charge on any atom is 0.287 e. The maximum atomic E-state index is 13.6. The SMILES string of the molecule is C[C@@H](CNc1cccc(F)c1)NC(=O)[C@H](CC1CCCCC1)NC(=O)c1ccc(-c2cccc(F)c2)o1. The van der Waals surface area contributed by atoms with Crippen LogP contribution >= 0.6 is 0 Å². The molecule has 6 nitrogen and oxygen atoms in total. The number of hydrogen-bond donors (Lipinski definition) is 3. The number of carbonyl (C=O) groups excluding carboxylic acids is 2. The summed E-state index contributed by atoms with van der Waals surface area (Å²) >= 11 is 0. The molecule has 8 heteroatoms. The van der Waals surface area contributed by atoms with Gasteiger partial charge in [-0.15, -0.1) is 0 Å².